The molecule has 0 aromatic rings. The topological polar surface area (TPSA) is 44.5 Å². The van der Waals surface area contributed by atoms with Crippen molar-refractivity contribution >= 4 is 7.12 Å². The molecule has 16 heavy (non-hydrogen) atoms. The third-order valence-corrected chi connectivity index (χ3v) is 2.71. The lowest BCUT2D eigenvalue weighted by Crippen LogP contribution is -2.48. The van der Waals surface area contributed by atoms with Gasteiger partial charge in [-0.05, 0) is 39.5 Å². The Morgan fingerprint density at radius 2 is 1.81 bits per heavy atom. The Bertz CT molecular complexity index is 186. The second-order valence-corrected chi connectivity index (χ2v) is 5.35. The standard InChI is InChI=1S/C12H28BNO2/c1-7-12(5,6)16-13(15-8-2)11(14)9-10(3)4/h10-11H,7-9,14H2,1-6H3/t11-/m1/s1. The maximum Gasteiger partial charge on any atom is 0.475 e. The normalized spacial score (nSPS) is 14.2. The van der Waals surface area contributed by atoms with Crippen LogP contribution in [0, 0.1) is 5.92 Å². The zero-order valence-electron chi connectivity index (χ0n) is 11.7. The molecule has 96 valence electrons. The van der Waals surface area contributed by atoms with Crippen LogP contribution in [0.2, 0.25) is 0 Å². The number of rotatable bonds is 8. The van der Waals surface area contributed by atoms with E-state index >= 15 is 0 Å². The lowest BCUT2D eigenvalue weighted by molar-refractivity contribution is 0.0593. The Morgan fingerprint density at radius 1 is 1.25 bits per heavy atom. The fraction of sp³-hybridized carbons (Fsp3) is 1.00. The van der Waals surface area contributed by atoms with E-state index in [1.54, 1.807) is 0 Å². The van der Waals surface area contributed by atoms with Gasteiger partial charge in [0.15, 0.2) is 0 Å². The summed E-state index contributed by atoms with van der Waals surface area (Å²) >= 11 is 0. The van der Waals surface area contributed by atoms with Crippen LogP contribution in [0.4, 0.5) is 0 Å². The highest BCUT2D eigenvalue weighted by atomic mass is 16.6. The summed E-state index contributed by atoms with van der Waals surface area (Å²) in [4.78, 5) is 0. The molecule has 3 nitrogen and oxygen atoms in total. The Kier molecular flexibility index (Phi) is 7.28. The summed E-state index contributed by atoms with van der Waals surface area (Å²) in [6, 6.07) is 0. The summed E-state index contributed by atoms with van der Waals surface area (Å²) in [5, 5.41) is 0. The van der Waals surface area contributed by atoms with Crippen LogP contribution in [0.5, 0.6) is 0 Å². The van der Waals surface area contributed by atoms with E-state index in [1.165, 1.54) is 0 Å². The van der Waals surface area contributed by atoms with Crippen LogP contribution in [0.15, 0.2) is 0 Å². The number of hydrogen-bond donors (Lipinski definition) is 1. The van der Waals surface area contributed by atoms with Gasteiger partial charge in [-0.1, -0.05) is 20.8 Å². The molecule has 0 aliphatic rings. The van der Waals surface area contributed by atoms with Gasteiger partial charge < -0.3 is 15.0 Å². The summed E-state index contributed by atoms with van der Waals surface area (Å²) in [5.74, 6) is 0.511. The average molecular weight is 229 g/mol. The van der Waals surface area contributed by atoms with Crippen LogP contribution in [0.1, 0.15) is 54.4 Å². The predicted molar refractivity (Wildman–Crippen MR) is 70.3 cm³/mol. The Hall–Kier alpha value is -0.0551. The van der Waals surface area contributed by atoms with Crippen molar-refractivity contribution in [2.45, 2.75) is 65.9 Å². The van der Waals surface area contributed by atoms with Crippen molar-refractivity contribution in [1.82, 2.24) is 0 Å². The van der Waals surface area contributed by atoms with Gasteiger partial charge in [0.1, 0.15) is 0 Å². The Balaban J connectivity index is 4.36. The lowest BCUT2D eigenvalue weighted by Gasteiger charge is -2.31. The first kappa shape index (κ1) is 15.9. The average Bonchev–Trinajstić information content (AvgIpc) is 2.16. The molecule has 0 amide bonds. The summed E-state index contributed by atoms with van der Waals surface area (Å²) in [7, 11) is -0.289. The molecule has 0 rings (SSSR count). The van der Waals surface area contributed by atoms with Crippen molar-refractivity contribution in [1.29, 1.82) is 0 Å². The largest absolute Gasteiger partial charge is 0.475 e. The number of hydrogen-bond acceptors (Lipinski definition) is 3. The molecule has 0 heterocycles. The van der Waals surface area contributed by atoms with Gasteiger partial charge in [0, 0.05) is 18.1 Å². The lowest BCUT2D eigenvalue weighted by atomic mass is 9.73. The van der Waals surface area contributed by atoms with Gasteiger partial charge >= 0.3 is 7.12 Å². The fourth-order valence-electron chi connectivity index (χ4n) is 1.46. The second-order valence-electron chi connectivity index (χ2n) is 5.35. The Morgan fingerprint density at radius 3 is 2.19 bits per heavy atom. The molecule has 0 radical (unpaired) electrons. The molecule has 0 fully saturated rings. The van der Waals surface area contributed by atoms with E-state index in [2.05, 4.69) is 34.6 Å². The first-order chi connectivity index (χ1) is 7.32. The zero-order chi connectivity index (χ0) is 12.8. The highest BCUT2D eigenvalue weighted by molar-refractivity contribution is 6.46. The molecule has 4 heteroatoms. The minimum Gasteiger partial charge on any atom is -0.410 e. The minimum absolute atomic E-state index is 0.0502. The van der Waals surface area contributed by atoms with Crippen molar-refractivity contribution in [2.24, 2.45) is 11.7 Å². The molecule has 0 aromatic carbocycles. The monoisotopic (exact) mass is 229 g/mol. The molecule has 0 unspecified atom stereocenters. The van der Waals surface area contributed by atoms with E-state index in [0.29, 0.717) is 12.5 Å². The Labute approximate surface area is 101 Å². The third-order valence-electron chi connectivity index (χ3n) is 2.71. The molecule has 1 atom stereocenters. The summed E-state index contributed by atoms with van der Waals surface area (Å²) in [6.07, 6.45) is 1.87. The molecule has 0 saturated carbocycles. The van der Waals surface area contributed by atoms with Gasteiger partial charge in [-0.3, -0.25) is 0 Å². The van der Waals surface area contributed by atoms with E-state index in [-0.39, 0.29) is 18.7 Å². The molecule has 0 saturated heterocycles. The summed E-state index contributed by atoms with van der Waals surface area (Å²) < 4.78 is 11.5. The third kappa shape index (κ3) is 6.51. The predicted octanol–water partition coefficient (Wildman–Crippen LogP) is 2.63. The first-order valence-corrected chi connectivity index (χ1v) is 6.37. The van der Waals surface area contributed by atoms with Crippen molar-refractivity contribution < 1.29 is 9.31 Å². The highest BCUT2D eigenvalue weighted by Gasteiger charge is 2.32. The van der Waals surface area contributed by atoms with E-state index in [9.17, 15) is 0 Å². The first-order valence-electron chi connectivity index (χ1n) is 6.37. The molecule has 0 spiro atoms. The maximum atomic E-state index is 6.12. The van der Waals surface area contributed by atoms with Gasteiger partial charge in [0.25, 0.3) is 0 Å². The SMILES string of the molecule is CCOB(OC(C)(C)CC)[C@H](N)CC(C)C. The van der Waals surface area contributed by atoms with E-state index < -0.39 is 0 Å². The van der Waals surface area contributed by atoms with Gasteiger partial charge in [0.05, 0.1) is 0 Å². The smallest absolute Gasteiger partial charge is 0.410 e. The summed E-state index contributed by atoms with van der Waals surface area (Å²) in [6.45, 7) is 13.2. The van der Waals surface area contributed by atoms with Crippen LogP contribution in [-0.4, -0.2) is 25.3 Å². The fourth-order valence-corrected chi connectivity index (χ4v) is 1.46. The van der Waals surface area contributed by atoms with E-state index in [0.717, 1.165) is 12.8 Å². The zero-order valence-corrected chi connectivity index (χ0v) is 11.7. The van der Waals surface area contributed by atoms with Crippen molar-refractivity contribution in [3.63, 3.8) is 0 Å². The van der Waals surface area contributed by atoms with Crippen molar-refractivity contribution in [3.05, 3.63) is 0 Å². The van der Waals surface area contributed by atoms with Gasteiger partial charge in [-0.2, -0.15) is 0 Å². The molecule has 0 aliphatic heterocycles. The van der Waals surface area contributed by atoms with Gasteiger partial charge in [-0.15, -0.1) is 0 Å². The second kappa shape index (κ2) is 7.31. The van der Waals surface area contributed by atoms with Crippen molar-refractivity contribution in [2.75, 3.05) is 6.61 Å². The minimum atomic E-state index is -0.289. The molecule has 0 bridgehead atoms. The highest BCUT2D eigenvalue weighted by Crippen LogP contribution is 2.18. The maximum absolute atomic E-state index is 6.12. The quantitative estimate of drug-likeness (QED) is 0.650. The summed E-state index contributed by atoms with van der Waals surface area (Å²) in [5.41, 5.74) is 5.94. The van der Waals surface area contributed by atoms with Gasteiger partial charge in [0.2, 0.25) is 0 Å². The molecule has 0 aromatic heterocycles. The van der Waals surface area contributed by atoms with E-state index in [1.807, 2.05) is 6.92 Å². The molecule has 0 aliphatic carbocycles. The van der Waals surface area contributed by atoms with Crippen LogP contribution < -0.4 is 5.73 Å². The van der Waals surface area contributed by atoms with E-state index in [4.69, 9.17) is 15.0 Å². The van der Waals surface area contributed by atoms with Gasteiger partial charge in [-0.25, -0.2) is 0 Å². The van der Waals surface area contributed by atoms with Crippen LogP contribution in [-0.2, 0) is 9.31 Å². The van der Waals surface area contributed by atoms with Crippen LogP contribution >= 0.6 is 0 Å². The molecular formula is C12H28BNO2. The van der Waals surface area contributed by atoms with Crippen molar-refractivity contribution in [3.8, 4) is 0 Å². The van der Waals surface area contributed by atoms with Crippen LogP contribution in [0.25, 0.3) is 0 Å². The number of nitrogens with two attached hydrogens (primary N) is 1. The molecular weight excluding hydrogens is 201 g/mol. The van der Waals surface area contributed by atoms with Crippen LogP contribution in [0.3, 0.4) is 0 Å². The molecule has 2 N–H and O–H groups in total.